The van der Waals surface area contributed by atoms with Gasteiger partial charge < -0.3 is 0 Å². The predicted molar refractivity (Wildman–Crippen MR) is 99.2 cm³/mol. The number of hydrogen-bond donors (Lipinski definition) is 0. The Morgan fingerprint density at radius 2 is 2.08 bits per heavy atom. The van der Waals surface area contributed by atoms with Crippen LogP contribution in [0, 0.1) is 12.8 Å². The molecule has 2 aliphatic heterocycles. The van der Waals surface area contributed by atoms with Crippen molar-refractivity contribution in [3.05, 3.63) is 40.7 Å². The molecule has 1 aromatic heterocycles. The fraction of sp³-hybridized carbons (Fsp3) is 0.500. The molecule has 1 saturated heterocycles. The van der Waals surface area contributed by atoms with E-state index in [9.17, 15) is 4.79 Å². The number of hydrogen-bond acceptors (Lipinski definition) is 5. The number of likely N-dealkylation sites (tertiary alicyclic amines) is 1. The number of aryl methyl sites for hydroxylation is 1. The van der Waals surface area contributed by atoms with E-state index in [4.69, 9.17) is 11.6 Å². The summed E-state index contributed by atoms with van der Waals surface area (Å²) in [6.07, 6.45) is 2.31. The average Bonchev–Trinajstić information content (AvgIpc) is 3.08. The Labute approximate surface area is 156 Å². The second-order valence-electron chi connectivity index (χ2n) is 6.95. The van der Waals surface area contributed by atoms with Crippen LogP contribution in [0.1, 0.15) is 42.0 Å². The van der Waals surface area contributed by atoms with Crippen LogP contribution >= 0.6 is 23.4 Å². The second-order valence-corrected chi connectivity index (χ2v) is 8.49. The number of carbonyl (C=O) groups is 1. The molecular formula is C18H21ClN4OS. The van der Waals surface area contributed by atoms with Crippen LogP contribution in [-0.2, 0) is 0 Å². The van der Waals surface area contributed by atoms with Crippen LogP contribution in [0.15, 0.2) is 29.4 Å². The first-order valence-electron chi connectivity index (χ1n) is 8.67. The number of nitrogens with zero attached hydrogens (tertiary/aromatic N) is 4. The smallest absolute Gasteiger partial charge is 0.264 e. The molecule has 132 valence electrons. The van der Waals surface area contributed by atoms with E-state index in [-0.39, 0.29) is 17.2 Å². The van der Waals surface area contributed by atoms with Crippen molar-refractivity contribution in [1.82, 2.24) is 19.7 Å². The van der Waals surface area contributed by atoms with Crippen molar-refractivity contribution in [3.63, 3.8) is 0 Å². The summed E-state index contributed by atoms with van der Waals surface area (Å²) in [6.45, 7) is 6.10. The van der Waals surface area contributed by atoms with Crippen LogP contribution < -0.4 is 0 Å². The fourth-order valence-electron chi connectivity index (χ4n) is 3.67. The van der Waals surface area contributed by atoms with Crippen LogP contribution in [0.25, 0.3) is 0 Å². The van der Waals surface area contributed by atoms with Crippen LogP contribution in [0.3, 0.4) is 0 Å². The molecule has 2 unspecified atom stereocenters. The Morgan fingerprint density at radius 1 is 1.32 bits per heavy atom. The van der Waals surface area contributed by atoms with Crippen molar-refractivity contribution in [3.8, 4) is 0 Å². The van der Waals surface area contributed by atoms with Gasteiger partial charge in [-0.2, -0.15) is 4.68 Å². The van der Waals surface area contributed by atoms with Crippen molar-refractivity contribution in [2.24, 2.45) is 5.92 Å². The lowest BCUT2D eigenvalue weighted by Gasteiger charge is -2.38. The van der Waals surface area contributed by atoms with Crippen molar-refractivity contribution in [2.45, 2.75) is 43.1 Å². The fourth-order valence-corrected chi connectivity index (χ4v) is 5.17. The van der Waals surface area contributed by atoms with E-state index in [0.29, 0.717) is 16.0 Å². The lowest BCUT2D eigenvalue weighted by atomic mass is 9.94. The first-order valence-corrected chi connectivity index (χ1v) is 9.93. The van der Waals surface area contributed by atoms with E-state index in [1.807, 2.05) is 25.1 Å². The zero-order valence-corrected chi connectivity index (χ0v) is 15.9. The number of carbonyl (C=O) groups excluding carboxylic acids is 1. The number of fused-ring (bicyclic) bond motifs is 1. The number of rotatable bonds is 3. The molecule has 0 aliphatic carbocycles. The van der Waals surface area contributed by atoms with Gasteiger partial charge in [-0.1, -0.05) is 42.4 Å². The lowest BCUT2D eigenvalue weighted by Crippen LogP contribution is -2.42. The third-order valence-electron chi connectivity index (χ3n) is 5.06. The van der Waals surface area contributed by atoms with Gasteiger partial charge in [0.1, 0.15) is 11.1 Å². The summed E-state index contributed by atoms with van der Waals surface area (Å²) in [5, 5.41) is 5.43. The number of benzene rings is 1. The van der Waals surface area contributed by atoms with Gasteiger partial charge in [0.2, 0.25) is 0 Å². The number of thioether (sulfide) groups is 1. The molecule has 25 heavy (non-hydrogen) atoms. The van der Waals surface area contributed by atoms with Gasteiger partial charge in [0.15, 0.2) is 5.16 Å². The summed E-state index contributed by atoms with van der Waals surface area (Å²) in [7, 11) is 0. The first-order chi connectivity index (χ1) is 12.0. The van der Waals surface area contributed by atoms with E-state index >= 15 is 0 Å². The maximum atomic E-state index is 13.0. The van der Waals surface area contributed by atoms with E-state index in [0.717, 1.165) is 37.4 Å². The van der Waals surface area contributed by atoms with E-state index < -0.39 is 0 Å². The number of halogens is 1. The molecule has 1 aromatic carbocycles. The van der Waals surface area contributed by atoms with E-state index in [2.05, 4.69) is 28.0 Å². The van der Waals surface area contributed by atoms with E-state index in [1.54, 1.807) is 0 Å². The van der Waals surface area contributed by atoms with Gasteiger partial charge in [0.25, 0.3) is 5.91 Å². The predicted octanol–water partition coefficient (Wildman–Crippen LogP) is 3.83. The van der Waals surface area contributed by atoms with Gasteiger partial charge in [-0.15, -0.1) is 5.10 Å². The Hall–Kier alpha value is -1.37. The Bertz CT molecular complexity index is 800. The van der Waals surface area contributed by atoms with Gasteiger partial charge in [-0.05, 0) is 56.5 Å². The van der Waals surface area contributed by atoms with Gasteiger partial charge in [-0.3, -0.25) is 9.69 Å². The van der Waals surface area contributed by atoms with Gasteiger partial charge in [0.05, 0.1) is 6.04 Å². The van der Waals surface area contributed by atoms with Crippen LogP contribution in [0.4, 0.5) is 0 Å². The third kappa shape index (κ3) is 3.23. The highest BCUT2D eigenvalue weighted by molar-refractivity contribution is 8.00. The SMILES string of the molecule is Cc1nc2n(n1)C(=O)C(C(c1cccc(Cl)c1)N1CCC(C)CC1)S2. The summed E-state index contributed by atoms with van der Waals surface area (Å²) in [5.74, 6) is 1.40. The minimum atomic E-state index is -0.234. The maximum Gasteiger partial charge on any atom is 0.264 e. The zero-order valence-electron chi connectivity index (χ0n) is 14.4. The first kappa shape index (κ1) is 17.1. The van der Waals surface area contributed by atoms with Crippen molar-refractivity contribution in [2.75, 3.05) is 13.1 Å². The second kappa shape index (κ2) is 6.74. The summed E-state index contributed by atoms with van der Waals surface area (Å²) < 4.78 is 1.47. The molecule has 0 amide bonds. The van der Waals surface area contributed by atoms with Crippen molar-refractivity contribution in [1.29, 1.82) is 0 Å². The minimum absolute atomic E-state index is 0.00694. The largest absolute Gasteiger partial charge is 0.295 e. The van der Waals surface area contributed by atoms with Crippen LogP contribution in [0.2, 0.25) is 5.02 Å². The molecule has 5 nitrogen and oxygen atoms in total. The maximum absolute atomic E-state index is 13.0. The summed E-state index contributed by atoms with van der Waals surface area (Å²) in [4.78, 5) is 19.8. The number of aromatic nitrogens is 3. The van der Waals surface area contributed by atoms with Crippen molar-refractivity contribution >= 4 is 29.3 Å². The highest BCUT2D eigenvalue weighted by atomic mass is 35.5. The summed E-state index contributed by atoms with van der Waals surface area (Å²) in [5.41, 5.74) is 1.09. The van der Waals surface area contributed by atoms with Gasteiger partial charge >= 0.3 is 0 Å². The average molecular weight is 377 g/mol. The minimum Gasteiger partial charge on any atom is -0.295 e. The monoisotopic (exact) mass is 376 g/mol. The molecule has 2 atom stereocenters. The molecule has 0 bridgehead atoms. The quantitative estimate of drug-likeness (QED) is 0.814. The van der Waals surface area contributed by atoms with Crippen molar-refractivity contribution < 1.29 is 4.79 Å². The number of piperidine rings is 1. The van der Waals surface area contributed by atoms with Crippen LogP contribution in [-0.4, -0.2) is 43.9 Å². The molecule has 0 saturated carbocycles. The summed E-state index contributed by atoms with van der Waals surface area (Å²) in [6, 6.07) is 7.88. The molecule has 2 aromatic rings. The molecular weight excluding hydrogens is 356 g/mol. The highest BCUT2D eigenvalue weighted by Gasteiger charge is 2.43. The molecule has 4 rings (SSSR count). The van der Waals surface area contributed by atoms with E-state index in [1.165, 1.54) is 16.4 Å². The topological polar surface area (TPSA) is 51.0 Å². The Kier molecular flexibility index (Phi) is 4.60. The normalized spacial score (nSPS) is 23.0. The molecule has 3 heterocycles. The van der Waals surface area contributed by atoms with Gasteiger partial charge in [-0.25, -0.2) is 4.98 Å². The molecule has 0 radical (unpaired) electrons. The lowest BCUT2D eigenvalue weighted by molar-refractivity contribution is 0.0799. The molecule has 7 heteroatoms. The molecule has 2 aliphatic rings. The molecule has 0 spiro atoms. The Balaban J connectivity index is 1.68. The van der Waals surface area contributed by atoms with Crippen LogP contribution in [0.5, 0.6) is 0 Å². The third-order valence-corrected chi connectivity index (χ3v) is 6.48. The van der Waals surface area contributed by atoms with Gasteiger partial charge in [0, 0.05) is 5.02 Å². The standard InChI is InChI=1S/C18H21ClN4OS/c1-11-6-8-22(9-7-11)15(13-4-3-5-14(19)10-13)16-17(24)23-18(25-16)20-12(2)21-23/h3-5,10-11,15-16H,6-9H2,1-2H3. The molecule has 1 fully saturated rings. The summed E-state index contributed by atoms with van der Waals surface area (Å²) >= 11 is 7.77. The molecule has 0 N–H and O–H groups in total. The Morgan fingerprint density at radius 3 is 2.76 bits per heavy atom. The zero-order chi connectivity index (χ0) is 17.6. The highest BCUT2D eigenvalue weighted by Crippen LogP contribution is 2.42.